The van der Waals surface area contributed by atoms with Gasteiger partial charge in [-0.15, -0.1) is 0 Å². The number of carbonyl (C=O) groups is 1. The molecule has 1 aromatic heterocycles. The van der Waals surface area contributed by atoms with Gasteiger partial charge in [-0.25, -0.2) is 9.97 Å². The van der Waals surface area contributed by atoms with Gasteiger partial charge in [-0.1, -0.05) is 6.07 Å². The van der Waals surface area contributed by atoms with Crippen LogP contribution in [0, 0.1) is 0 Å². The first-order valence-corrected chi connectivity index (χ1v) is 8.00. The molecule has 132 valence electrons. The quantitative estimate of drug-likeness (QED) is 0.625. The van der Waals surface area contributed by atoms with Crippen LogP contribution in [0.3, 0.4) is 0 Å². The number of rotatable bonds is 6. The second-order valence-electron chi connectivity index (χ2n) is 5.53. The third-order valence-electron chi connectivity index (χ3n) is 3.48. The maximum atomic E-state index is 11.2. The molecule has 3 rings (SSSR count). The highest BCUT2D eigenvalue weighted by atomic mass is 16.5. The molecule has 2 aromatic carbocycles. The van der Waals surface area contributed by atoms with Gasteiger partial charge in [0.15, 0.2) is 0 Å². The second-order valence-corrected chi connectivity index (χ2v) is 5.53. The first-order valence-electron chi connectivity index (χ1n) is 8.00. The molecule has 0 aliphatic rings. The van der Waals surface area contributed by atoms with Gasteiger partial charge in [0.25, 0.3) is 0 Å². The molecule has 0 unspecified atom stereocenters. The van der Waals surface area contributed by atoms with E-state index >= 15 is 0 Å². The van der Waals surface area contributed by atoms with E-state index in [1.807, 2.05) is 48.5 Å². The molecule has 0 fully saturated rings. The molecule has 26 heavy (non-hydrogen) atoms. The summed E-state index contributed by atoms with van der Waals surface area (Å²) in [6.45, 7) is 1.47. The maximum absolute atomic E-state index is 11.2. The number of amides is 1. The Bertz CT molecular complexity index is 896. The van der Waals surface area contributed by atoms with Crippen LogP contribution < -0.4 is 20.7 Å². The Labute approximate surface area is 151 Å². The molecule has 7 nitrogen and oxygen atoms in total. The van der Waals surface area contributed by atoms with E-state index < -0.39 is 0 Å². The number of hydrogen-bond donors (Lipinski definition) is 3. The fourth-order valence-electron chi connectivity index (χ4n) is 2.34. The summed E-state index contributed by atoms with van der Waals surface area (Å²) in [5, 5.41) is 9.16. The summed E-state index contributed by atoms with van der Waals surface area (Å²) in [5.41, 5.74) is 2.42. The Morgan fingerprint density at radius 2 is 1.54 bits per heavy atom. The smallest absolute Gasteiger partial charge is 0.221 e. The fraction of sp³-hybridized carbons (Fsp3) is 0.105. The number of carbonyl (C=O) groups excluding carboxylic acids is 1. The summed E-state index contributed by atoms with van der Waals surface area (Å²) in [4.78, 5) is 19.6. The lowest BCUT2D eigenvalue weighted by Gasteiger charge is -2.10. The summed E-state index contributed by atoms with van der Waals surface area (Å²) < 4.78 is 5.15. The minimum absolute atomic E-state index is 0.116. The van der Waals surface area contributed by atoms with Gasteiger partial charge in [-0.3, -0.25) is 4.79 Å². The SMILES string of the molecule is COc1ccc(Nc2cc(Nc3cccc(NC(C)=O)c3)ncn2)cc1. The van der Waals surface area contributed by atoms with Crippen LogP contribution in [0.4, 0.5) is 28.7 Å². The van der Waals surface area contributed by atoms with Crippen LogP contribution in [0.15, 0.2) is 60.9 Å². The highest BCUT2D eigenvalue weighted by Crippen LogP contribution is 2.22. The Morgan fingerprint density at radius 1 is 0.885 bits per heavy atom. The van der Waals surface area contributed by atoms with Crippen molar-refractivity contribution in [3.63, 3.8) is 0 Å². The van der Waals surface area contributed by atoms with Crippen molar-refractivity contribution >= 4 is 34.6 Å². The molecular weight excluding hydrogens is 330 g/mol. The molecule has 7 heteroatoms. The van der Waals surface area contributed by atoms with Gasteiger partial charge in [0.1, 0.15) is 23.7 Å². The van der Waals surface area contributed by atoms with Gasteiger partial charge in [0, 0.05) is 30.1 Å². The number of hydrogen-bond acceptors (Lipinski definition) is 6. The van der Waals surface area contributed by atoms with Crippen LogP contribution in [-0.4, -0.2) is 23.0 Å². The van der Waals surface area contributed by atoms with Crippen molar-refractivity contribution in [3.8, 4) is 5.75 Å². The molecule has 0 radical (unpaired) electrons. The summed E-state index contributed by atoms with van der Waals surface area (Å²) in [7, 11) is 1.63. The highest BCUT2D eigenvalue weighted by molar-refractivity contribution is 5.89. The van der Waals surface area contributed by atoms with E-state index in [1.54, 1.807) is 13.2 Å². The van der Waals surface area contributed by atoms with E-state index in [0.717, 1.165) is 17.1 Å². The van der Waals surface area contributed by atoms with Crippen LogP contribution in [0.1, 0.15) is 6.92 Å². The summed E-state index contributed by atoms with van der Waals surface area (Å²) >= 11 is 0. The first-order chi connectivity index (χ1) is 12.6. The molecule has 3 N–H and O–H groups in total. The minimum atomic E-state index is -0.116. The van der Waals surface area contributed by atoms with Gasteiger partial charge >= 0.3 is 0 Å². The fourth-order valence-corrected chi connectivity index (χ4v) is 2.34. The Kier molecular flexibility index (Phi) is 5.28. The predicted molar refractivity (Wildman–Crippen MR) is 102 cm³/mol. The van der Waals surface area contributed by atoms with Crippen LogP contribution in [0.5, 0.6) is 5.75 Å². The number of aromatic nitrogens is 2. The van der Waals surface area contributed by atoms with Crippen molar-refractivity contribution in [2.75, 3.05) is 23.1 Å². The molecule has 0 bridgehead atoms. The number of nitrogens with zero attached hydrogens (tertiary/aromatic N) is 2. The van der Waals surface area contributed by atoms with Crippen molar-refractivity contribution in [2.24, 2.45) is 0 Å². The molecule has 0 saturated heterocycles. The average molecular weight is 349 g/mol. The van der Waals surface area contributed by atoms with E-state index in [0.29, 0.717) is 17.3 Å². The third kappa shape index (κ3) is 4.70. The highest BCUT2D eigenvalue weighted by Gasteiger charge is 2.03. The van der Waals surface area contributed by atoms with E-state index in [9.17, 15) is 4.79 Å². The van der Waals surface area contributed by atoms with Gasteiger partial charge in [-0.05, 0) is 42.5 Å². The van der Waals surface area contributed by atoms with E-state index in [2.05, 4.69) is 25.9 Å². The van der Waals surface area contributed by atoms with E-state index in [-0.39, 0.29) is 5.91 Å². The first kappa shape index (κ1) is 17.2. The van der Waals surface area contributed by atoms with Crippen molar-refractivity contribution in [3.05, 3.63) is 60.9 Å². The molecule has 1 heterocycles. The lowest BCUT2D eigenvalue weighted by atomic mass is 10.2. The zero-order valence-electron chi connectivity index (χ0n) is 14.5. The largest absolute Gasteiger partial charge is 0.497 e. The summed E-state index contributed by atoms with van der Waals surface area (Å²) in [6, 6.07) is 16.8. The molecule has 3 aromatic rings. The van der Waals surface area contributed by atoms with Crippen molar-refractivity contribution in [1.82, 2.24) is 9.97 Å². The number of nitrogens with one attached hydrogen (secondary N) is 3. The Morgan fingerprint density at radius 3 is 2.19 bits per heavy atom. The second kappa shape index (κ2) is 7.98. The van der Waals surface area contributed by atoms with Crippen molar-refractivity contribution in [2.45, 2.75) is 6.92 Å². The molecule has 0 aliphatic heterocycles. The van der Waals surface area contributed by atoms with Gasteiger partial charge in [0.2, 0.25) is 5.91 Å². The van der Waals surface area contributed by atoms with Gasteiger partial charge in [0.05, 0.1) is 7.11 Å². The number of benzene rings is 2. The van der Waals surface area contributed by atoms with Crippen LogP contribution in [0.2, 0.25) is 0 Å². The standard InChI is InChI=1S/C19H19N5O2/c1-13(25)22-15-4-3-5-16(10-15)24-19-11-18(20-12-21-19)23-14-6-8-17(26-2)9-7-14/h3-12H,1-2H3,(H,22,25)(H2,20,21,23,24). The number of methoxy groups -OCH3 is 1. The van der Waals surface area contributed by atoms with Crippen molar-refractivity contribution < 1.29 is 9.53 Å². The average Bonchev–Trinajstić information content (AvgIpc) is 2.62. The topological polar surface area (TPSA) is 88.2 Å². The lowest BCUT2D eigenvalue weighted by molar-refractivity contribution is -0.114. The lowest BCUT2D eigenvalue weighted by Crippen LogP contribution is -2.06. The molecule has 1 amide bonds. The number of anilines is 5. The summed E-state index contributed by atoms with van der Waals surface area (Å²) in [6.07, 6.45) is 1.48. The van der Waals surface area contributed by atoms with Crippen molar-refractivity contribution in [1.29, 1.82) is 0 Å². The van der Waals surface area contributed by atoms with E-state index in [4.69, 9.17) is 4.74 Å². The molecule has 0 spiro atoms. The van der Waals surface area contributed by atoms with E-state index in [1.165, 1.54) is 13.3 Å². The van der Waals surface area contributed by atoms with Gasteiger partial charge in [-0.2, -0.15) is 0 Å². The Hall–Kier alpha value is -3.61. The molecular formula is C19H19N5O2. The zero-order valence-corrected chi connectivity index (χ0v) is 14.5. The molecule has 0 aliphatic carbocycles. The van der Waals surface area contributed by atoms with Gasteiger partial charge < -0.3 is 20.7 Å². The monoisotopic (exact) mass is 349 g/mol. The third-order valence-corrected chi connectivity index (χ3v) is 3.48. The molecule has 0 atom stereocenters. The van der Waals surface area contributed by atoms with Crippen LogP contribution >= 0.6 is 0 Å². The van der Waals surface area contributed by atoms with Crippen LogP contribution in [0.25, 0.3) is 0 Å². The zero-order chi connectivity index (χ0) is 18.4. The maximum Gasteiger partial charge on any atom is 0.221 e. The summed E-state index contributed by atoms with van der Waals surface area (Å²) in [5.74, 6) is 1.97. The predicted octanol–water partition coefficient (Wildman–Crippen LogP) is 3.93. The normalized spacial score (nSPS) is 10.1. The van der Waals surface area contributed by atoms with Crippen LogP contribution in [-0.2, 0) is 4.79 Å². The molecule has 0 saturated carbocycles. The number of ether oxygens (including phenoxy) is 1. The minimum Gasteiger partial charge on any atom is -0.497 e. The Balaban J connectivity index is 1.71.